The monoisotopic (exact) mass is 581 g/mol. The summed E-state index contributed by atoms with van der Waals surface area (Å²) in [5, 5.41) is 40.4. The molecule has 0 aliphatic carbocycles. The summed E-state index contributed by atoms with van der Waals surface area (Å²) in [6.07, 6.45) is 1.48. The molecule has 0 unspecified atom stereocenters. The third-order valence-electron chi connectivity index (χ3n) is 6.10. The topological polar surface area (TPSA) is 242 Å². The summed E-state index contributed by atoms with van der Waals surface area (Å²) >= 11 is 0. The number of nitrogens with two attached hydrogens (primary N) is 1. The first-order valence-electron chi connectivity index (χ1n) is 11.2. The summed E-state index contributed by atoms with van der Waals surface area (Å²) < 4.78 is 49.0. The van der Waals surface area contributed by atoms with Crippen molar-refractivity contribution in [3.63, 3.8) is 0 Å². The minimum atomic E-state index is -3.98. The van der Waals surface area contributed by atoms with Crippen LogP contribution in [0.4, 0.5) is 0 Å². The molecule has 2 aromatic carbocycles. The molecule has 0 radical (unpaired) electrons. The largest absolute Gasteiger partial charge is 0.488 e. The van der Waals surface area contributed by atoms with E-state index in [0.717, 1.165) is 53.8 Å². The van der Waals surface area contributed by atoms with Crippen LogP contribution in [0.3, 0.4) is 0 Å². The van der Waals surface area contributed by atoms with E-state index in [1.165, 1.54) is 0 Å². The molecule has 208 valence electrons. The number of primary amides is 1. The van der Waals surface area contributed by atoms with Gasteiger partial charge < -0.3 is 36.0 Å². The maximum Gasteiger partial charge on any atom is 0.488 e. The number of carbonyl (C=O) groups excluding carboxylic acids is 3. The van der Waals surface area contributed by atoms with Crippen molar-refractivity contribution in [3.05, 3.63) is 47.5 Å². The van der Waals surface area contributed by atoms with E-state index in [9.17, 15) is 51.3 Å². The van der Waals surface area contributed by atoms with Gasteiger partial charge in [-0.1, -0.05) is 12.1 Å². The van der Waals surface area contributed by atoms with E-state index in [2.05, 4.69) is 5.32 Å². The van der Waals surface area contributed by atoms with Crippen molar-refractivity contribution in [1.82, 2.24) is 10.2 Å². The fourth-order valence-corrected chi connectivity index (χ4v) is 5.99. The van der Waals surface area contributed by atoms with Gasteiger partial charge in [0.15, 0.2) is 19.7 Å². The molecule has 2 atom stereocenters. The van der Waals surface area contributed by atoms with E-state index in [-0.39, 0.29) is 23.9 Å². The molecule has 0 aromatic heterocycles. The van der Waals surface area contributed by atoms with Crippen LogP contribution in [0.15, 0.2) is 46.2 Å². The molecule has 0 spiro atoms. The smallest absolute Gasteiger partial charge is 0.423 e. The summed E-state index contributed by atoms with van der Waals surface area (Å²) in [6.45, 7) is -0.343. The highest BCUT2D eigenvalue weighted by Crippen LogP contribution is 2.25. The number of hydrogen-bond acceptors (Lipinski definition) is 11. The van der Waals surface area contributed by atoms with E-state index in [1.54, 1.807) is 0 Å². The Balaban J connectivity index is 1.98. The molecule has 18 heteroatoms. The number of benzene rings is 2. The Morgan fingerprint density at radius 2 is 1.33 bits per heavy atom. The predicted molar refractivity (Wildman–Crippen MR) is 139 cm³/mol. The van der Waals surface area contributed by atoms with Crippen LogP contribution in [0, 0.1) is 0 Å². The fraction of sp³-hybridized carbons (Fsp3) is 0.286. The summed E-state index contributed by atoms with van der Waals surface area (Å²) in [5.74, 6) is -2.91. The number of carbonyl (C=O) groups is 3. The van der Waals surface area contributed by atoms with Gasteiger partial charge in [0.1, 0.15) is 6.04 Å². The van der Waals surface area contributed by atoms with Crippen molar-refractivity contribution < 1.29 is 51.3 Å². The van der Waals surface area contributed by atoms with Crippen LogP contribution < -0.4 is 22.0 Å². The highest BCUT2D eigenvalue weighted by atomic mass is 32.2. The zero-order chi connectivity index (χ0) is 29.4. The van der Waals surface area contributed by atoms with Gasteiger partial charge in [0.05, 0.1) is 20.9 Å². The summed E-state index contributed by atoms with van der Waals surface area (Å²) in [4.78, 5) is 38.8. The zero-order valence-electron chi connectivity index (χ0n) is 20.7. The van der Waals surface area contributed by atoms with Crippen molar-refractivity contribution in [2.45, 2.75) is 28.3 Å². The van der Waals surface area contributed by atoms with Crippen LogP contribution in [-0.4, -0.2) is 105 Å². The van der Waals surface area contributed by atoms with E-state index in [1.807, 2.05) is 0 Å². The second-order valence-electron chi connectivity index (χ2n) is 9.08. The second-order valence-corrected chi connectivity index (χ2v) is 13.1. The first-order valence-corrected chi connectivity index (χ1v) is 15.0. The summed E-state index contributed by atoms with van der Waals surface area (Å²) in [7, 11) is -11.9. The molecule has 14 nitrogen and oxygen atoms in total. The van der Waals surface area contributed by atoms with Gasteiger partial charge >= 0.3 is 14.2 Å². The fourth-order valence-electron chi connectivity index (χ4n) is 4.26. The standard InChI is InChI=1S/C21H25B2N3O11S2/c1-38(34,35)17-5-3-11(22(30)31)7-14(17)20(28)25-13-9-16(19(24)27)26(10-13)21(29)15-8-12(23(32)33)4-6-18(15)39(2,36)37/h3-8,13,16,30-33H,9-10H2,1-2H3,(H2,24,27)(H,25,28)/t13-,16-/m1/s1. The van der Waals surface area contributed by atoms with E-state index in [4.69, 9.17) is 5.73 Å². The molecule has 2 aromatic rings. The van der Waals surface area contributed by atoms with Gasteiger partial charge in [0.2, 0.25) is 5.91 Å². The lowest BCUT2D eigenvalue weighted by atomic mass is 9.79. The number of amides is 3. The van der Waals surface area contributed by atoms with Crippen molar-refractivity contribution in [3.8, 4) is 0 Å². The molecule has 0 saturated carbocycles. The molecular weight excluding hydrogens is 556 g/mol. The van der Waals surface area contributed by atoms with Crippen LogP contribution in [0.2, 0.25) is 0 Å². The molecule has 3 rings (SSSR count). The highest BCUT2D eigenvalue weighted by Gasteiger charge is 2.41. The van der Waals surface area contributed by atoms with Crippen molar-refractivity contribution in [2.24, 2.45) is 5.73 Å². The molecule has 1 fully saturated rings. The van der Waals surface area contributed by atoms with E-state index >= 15 is 0 Å². The third-order valence-corrected chi connectivity index (χ3v) is 8.41. The minimum Gasteiger partial charge on any atom is -0.423 e. The van der Waals surface area contributed by atoms with Crippen molar-refractivity contribution in [1.29, 1.82) is 0 Å². The van der Waals surface area contributed by atoms with Crippen molar-refractivity contribution >= 4 is 62.6 Å². The SMILES string of the molecule is CS(=O)(=O)c1ccc(B(O)O)cc1C(=O)N[C@@H]1C[C@H](C(N)=O)N(C(=O)c2cc(B(O)O)ccc2S(C)(=O)=O)C1. The van der Waals surface area contributed by atoms with Gasteiger partial charge in [-0.15, -0.1) is 0 Å². The van der Waals surface area contributed by atoms with E-state index in [0.29, 0.717) is 0 Å². The minimum absolute atomic E-state index is 0.162. The number of nitrogens with zero attached hydrogens (tertiary/aromatic N) is 1. The quantitative estimate of drug-likeness (QED) is 0.162. The lowest BCUT2D eigenvalue weighted by molar-refractivity contribution is -0.121. The highest BCUT2D eigenvalue weighted by molar-refractivity contribution is 7.91. The van der Waals surface area contributed by atoms with Crippen LogP contribution in [0.25, 0.3) is 0 Å². The Kier molecular flexibility index (Phi) is 8.59. The molecule has 39 heavy (non-hydrogen) atoms. The Hall–Kier alpha value is -3.28. The number of sulfone groups is 2. The third kappa shape index (κ3) is 6.66. The average Bonchev–Trinajstić information content (AvgIpc) is 3.25. The first-order chi connectivity index (χ1) is 17.9. The van der Waals surface area contributed by atoms with Crippen LogP contribution in [-0.2, 0) is 24.5 Å². The lowest BCUT2D eigenvalue weighted by Crippen LogP contribution is -2.45. The van der Waals surface area contributed by atoms with Gasteiger partial charge in [-0.05, 0) is 41.6 Å². The van der Waals surface area contributed by atoms with Gasteiger partial charge in [-0.25, -0.2) is 16.8 Å². The molecule has 3 amide bonds. The average molecular weight is 581 g/mol. The number of likely N-dealkylation sites (tertiary alicyclic amines) is 1. The molecule has 7 N–H and O–H groups in total. The maximum absolute atomic E-state index is 13.5. The summed E-state index contributed by atoms with van der Waals surface area (Å²) in [6, 6.07) is 3.94. The van der Waals surface area contributed by atoms with Gasteiger partial charge in [-0.3, -0.25) is 14.4 Å². The number of rotatable bonds is 8. The number of nitrogens with one attached hydrogen (secondary N) is 1. The zero-order valence-corrected chi connectivity index (χ0v) is 22.3. The Labute approximate surface area is 224 Å². The Morgan fingerprint density at radius 1 is 0.872 bits per heavy atom. The number of hydrogen-bond donors (Lipinski definition) is 6. The Morgan fingerprint density at radius 3 is 1.77 bits per heavy atom. The molecule has 0 bridgehead atoms. The molecular formula is C21H25B2N3O11S2. The summed E-state index contributed by atoms with van der Waals surface area (Å²) in [5.41, 5.74) is 4.25. The molecule has 1 saturated heterocycles. The Bertz CT molecular complexity index is 1550. The van der Waals surface area contributed by atoms with Gasteiger partial charge in [-0.2, -0.15) is 0 Å². The van der Waals surface area contributed by atoms with Crippen LogP contribution in [0.1, 0.15) is 27.1 Å². The predicted octanol–water partition coefficient (Wildman–Crippen LogP) is -4.65. The van der Waals surface area contributed by atoms with Crippen LogP contribution in [0.5, 0.6) is 0 Å². The second kappa shape index (κ2) is 11.1. The van der Waals surface area contributed by atoms with E-state index < -0.39 is 84.6 Å². The van der Waals surface area contributed by atoms with Crippen LogP contribution >= 0.6 is 0 Å². The molecule has 1 aliphatic heterocycles. The first kappa shape index (κ1) is 30.3. The van der Waals surface area contributed by atoms with Gasteiger partial charge in [0, 0.05) is 25.1 Å². The normalized spacial score (nSPS) is 17.5. The van der Waals surface area contributed by atoms with Gasteiger partial charge in [0.25, 0.3) is 11.8 Å². The molecule has 1 aliphatic rings. The molecule has 1 heterocycles. The maximum atomic E-state index is 13.5. The lowest BCUT2D eigenvalue weighted by Gasteiger charge is -2.23. The van der Waals surface area contributed by atoms with Crippen molar-refractivity contribution in [2.75, 3.05) is 19.1 Å².